The molecule has 1 aliphatic rings. The van der Waals surface area contributed by atoms with Crippen molar-refractivity contribution in [2.45, 2.75) is 23.9 Å². The third kappa shape index (κ3) is 3.88. The maximum atomic E-state index is 13.7. The normalized spacial score (nSPS) is 16.1. The van der Waals surface area contributed by atoms with Crippen LogP contribution in [0.1, 0.15) is 11.1 Å². The van der Waals surface area contributed by atoms with Gasteiger partial charge in [0.25, 0.3) is 0 Å². The van der Waals surface area contributed by atoms with Crippen molar-refractivity contribution in [1.29, 1.82) is 0 Å². The van der Waals surface area contributed by atoms with Gasteiger partial charge in [-0.05, 0) is 29.3 Å². The smallest absolute Gasteiger partial charge is 0.328 e. The summed E-state index contributed by atoms with van der Waals surface area (Å²) < 4.78 is 31.8. The number of carbonyl (C=O) groups is 2. The quantitative estimate of drug-likeness (QED) is 0.607. The first kappa shape index (κ1) is 18.4. The van der Waals surface area contributed by atoms with Gasteiger partial charge in [-0.2, -0.15) is 0 Å². The number of thioether (sulfide) groups is 1. The second kappa shape index (κ2) is 7.86. The van der Waals surface area contributed by atoms with Crippen LogP contribution in [0, 0.1) is 11.6 Å². The van der Waals surface area contributed by atoms with Crippen molar-refractivity contribution in [3.05, 3.63) is 65.2 Å². The summed E-state index contributed by atoms with van der Waals surface area (Å²) in [5.41, 5.74) is 1.96. The Hall–Kier alpha value is -2.41. The van der Waals surface area contributed by atoms with Crippen molar-refractivity contribution in [3.8, 4) is 0 Å². The second-order valence-electron chi connectivity index (χ2n) is 5.90. The molecule has 0 saturated heterocycles. The van der Waals surface area contributed by atoms with Crippen molar-refractivity contribution >= 4 is 23.6 Å². The van der Waals surface area contributed by atoms with Crippen LogP contribution in [0.2, 0.25) is 0 Å². The van der Waals surface area contributed by atoms with E-state index < -0.39 is 23.6 Å². The highest BCUT2D eigenvalue weighted by molar-refractivity contribution is 8.00. The van der Waals surface area contributed by atoms with E-state index in [0.29, 0.717) is 6.42 Å². The van der Waals surface area contributed by atoms with Crippen molar-refractivity contribution < 1.29 is 23.1 Å². The van der Waals surface area contributed by atoms with Crippen molar-refractivity contribution in [2.75, 3.05) is 12.9 Å². The lowest BCUT2D eigenvalue weighted by molar-refractivity contribution is -0.153. The van der Waals surface area contributed by atoms with Gasteiger partial charge < -0.3 is 9.64 Å². The van der Waals surface area contributed by atoms with E-state index in [2.05, 4.69) is 0 Å². The zero-order chi connectivity index (χ0) is 18.7. The molecular formula is C19H17F2NO3S. The lowest BCUT2D eigenvalue weighted by atomic mass is 9.94. The molecular weight excluding hydrogens is 360 g/mol. The van der Waals surface area contributed by atoms with Crippen LogP contribution in [0.15, 0.2) is 47.4 Å². The molecule has 136 valence electrons. The number of benzene rings is 2. The summed E-state index contributed by atoms with van der Waals surface area (Å²) in [7, 11) is 1.28. The number of amides is 1. The van der Waals surface area contributed by atoms with Crippen LogP contribution in [0.5, 0.6) is 0 Å². The summed E-state index contributed by atoms with van der Waals surface area (Å²) in [6.07, 6.45) is 0.369. The van der Waals surface area contributed by atoms with Gasteiger partial charge in [0.1, 0.15) is 17.7 Å². The predicted molar refractivity (Wildman–Crippen MR) is 93.6 cm³/mol. The van der Waals surface area contributed by atoms with Gasteiger partial charge in [-0.15, -0.1) is 11.8 Å². The highest BCUT2D eigenvalue weighted by Crippen LogP contribution is 2.27. The number of fused-ring (bicyclic) bond motifs is 1. The molecule has 1 heterocycles. The Morgan fingerprint density at radius 2 is 1.92 bits per heavy atom. The minimum absolute atomic E-state index is 0.0605. The second-order valence-corrected chi connectivity index (χ2v) is 6.91. The maximum absolute atomic E-state index is 13.7. The SMILES string of the molecule is COC(=O)[C@H]1Cc2ccccc2CN1C(=O)CSc1cc(F)ccc1F. The Labute approximate surface area is 154 Å². The molecule has 0 spiro atoms. The summed E-state index contributed by atoms with van der Waals surface area (Å²) in [6.45, 7) is 0.279. The van der Waals surface area contributed by atoms with Gasteiger partial charge in [0.15, 0.2) is 0 Å². The van der Waals surface area contributed by atoms with Crippen LogP contribution >= 0.6 is 11.8 Å². The summed E-state index contributed by atoms with van der Waals surface area (Å²) >= 11 is 0.907. The highest BCUT2D eigenvalue weighted by atomic mass is 32.2. The fourth-order valence-electron chi connectivity index (χ4n) is 2.94. The standard InChI is InChI=1S/C19H17F2NO3S/c1-25-19(24)16-8-12-4-2-3-5-13(12)10-22(16)18(23)11-26-17-9-14(20)6-7-15(17)21/h2-7,9,16H,8,10-11H2,1H3/t16-/m1/s1. The molecule has 1 aliphatic heterocycles. The molecule has 2 aromatic carbocycles. The van der Waals surface area contributed by atoms with E-state index in [1.807, 2.05) is 24.3 Å². The monoisotopic (exact) mass is 377 g/mol. The fraction of sp³-hybridized carbons (Fsp3) is 0.263. The molecule has 26 heavy (non-hydrogen) atoms. The summed E-state index contributed by atoms with van der Waals surface area (Å²) in [5, 5.41) is 0. The average molecular weight is 377 g/mol. The molecule has 0 fully saturated rings. The molecule has 1 amide bonds. The molecule has 0 radical (unpaired) electrons. The Morgan fingerprint density at radius 1 is 1.19 bits per heavy atom. The lowest BCUT2D eigenvalue weighted by Gasteiger charge is -2.35. The number of hydrogen-bond donors (Lipinski definition) is 0. The first-order chi connectivity index (χ1) is 12.5. The predicted octanol–water partition coefficient (Wildman–Crippen LogP) is 3.18. The molecule has 0 aromatic heterocycles. The van der Waals surface area contributed by atoms with E-state index in [1.165, 1.54) is 12.0 Å². The van der Waals surface area contributed by atoms with E-state index in [-0.39, 0.29) is 23.1 Å². The molecule has 2 aromatic rings. The van der Waals surface area contributed by atoms with Crippen molar-refractivity contribution in [2.24, 2.45) is 0 Å². The number of ether oxygens (including phenoxy) is 1. The maximum Gasteiger partial charge on any atom is 0.328 e. The van der Waals surface area contributed by atoms with E-state index >= 15 is 0 Å². The third-order valence-corrected chi connectivity index (χ3v) is 5.30. The van der Waals surface area contributed by atoms with Gasteiger partial charge in [-0.1, -0.05) is 24.3 Å². The van der Waals surface area contributed by atoms with Crippen LogP contribution in [0.25, 0.3) is 0 Å². The number of carbonyl (C=O) groups excluding carboxylic acids is 2. The zero-order valence-electron chi connectivity index (χ0n) is 14.1. The van der Waals surface area contributed by atoms with Gasteiger partial charge in [0.05, 0.1) is 12.9 Å². The molecule has 7 heteroatoms. The minimum atomic E-state index is -0.722. The molecule has 0 aliphatic carbocycles. The number of halogens is 2. The van der Waals surface area contributed by atoms with Gasteiger partial charge in [0.2, 0.25) is 5.91 Å². The van der Waals surface area contributed by atoms with Crippen molar-refractivity contribution in [3.63, 3.8) is 0 Å². The number of nitrogens with zero attached hydrogens (tertiary/aromatic N) is 1. The minimum Gasteiger partial charge on any atom is -0.467 e. The van der Waals surface area contributed by atoms with E-state index in [9.17, 15) is 18.4 Å². The molecule has 0 bridgehead atoms. The molecule has 3 rings (SSSR count). The zero-order valence-corrected chi connectivity index (χ0v) is 14.9. The van der Waals surface area contributed by atoms with E-state index in [4.69, 9.17) is 4.74 Å². The Morgan fingerprint density at radius 3 is 2.65 bits per heavy atom. The van der Waals surface area contributed by atoms with Gasteiger partial charge in [0, 0.05) is 17.9 Å². The topological polar surface area (TPSA) is 46.6 Å². The molecule has 4 nitrogen and oxygen atoms in total. The largest absolute Gasteiger partial charge is 0.467 e. The summed E-state index contributed by atoms with van der Waals surface area (Å²) in [5.74, 6) is -2.08. The lowest BCUT2D eigenvalue weighted by Crippen LogP contribution is -2.49. The van der Waals surface area contributed by atoms with Crippen LogP contribution in [0.3, 0.4) is 0 Å². The van der Waals surface area contributed by atoms with Crippen LogP contribution < -0.4 is 0 Å². The van der Waals surface area contributed by atoms with Gasteiger partial charge in [-0.3, -0.25) is 4.79 Å². The molecule has 0 saturated carbocycles. The summed E-state index contributed by atoms with van der Waals surface area (Å²) in [4.78, 5) is 26.3. The van der Waals surface area contributed by atoms with Gasteiger partial charge in [-0.25, -0.2) is 13.6 Å². The third-order valence-electron chi connectivity index (χ3n) is 4.29. The average Bonchev–Trinajstić information content (AvgIpc) is 2.66. The summed E-state index contributed by atoms with van der Waals surface area (Å²) in [6, 6.07) is 9.96. The van der Waals surface area contributed by atoms with Crippen LogP contribution in [0.4, 0.5) is 8.78 Å². The number of methoxy groups -OCH3 is 1. The van der Waals surface area contributed by atoms with Crippen molar-refractivity contribution in [1.82, 2.24) is 4.90 Å². The molecule has 0 N–H and O–H groups in total. The van der Waals surface area contributed by atoms with E-state index in [0.717, 1.165) is 41.1 Å². The Bertz CT molecular complexity index is 843. The molecule has 1 atom stereocenters. The number of esters is 1. The fourth-order valence-corrected chi connectivity index (χ4v) is 3.79. The van der Waals surface area contributed by atoms with Crippen LogP contribution in [-0.4, -0.2) is 35.7 Å². The first-order valence-electron chi connectivity index (χ1n) is 8.01. The first-order valence-corrected chi connectivity index (χ1v) is 9.00. The highest BCUT2D eigenvalue weighted by Gasteiger charge is 2.35. The van der Waals surface area contributed by atoms with Crippen LogP contribution in [-0.2, 0) is 27.3 Å². The van der Waals surface area contributed by atoms with E-state index in [1.54, 1.807) is 0 Å². The number of rotatable bonds is 4. The molecule has 0 unspecified atom stereocenters. The Kier molecular flexibility index (Phi) is 5.56. The van der Waals surface area contributed by atoms with Gasteiger partial charge >= 0.3 is 5.97 Å². The number of hydrogen-bond acceptors (Lipinski definition) is 4. The Balaban J connectivity index is 1.77.